The summed E-state index contributed by atoms with van der Waals surface area (Å²) in [6, 6.07) is 17.2. The van der Waals surface area contributed by atoms with E-state index >= 15 is 0 Å². The number of ether oxygens (including phenoxy) is 1. The summed E-state index contributed by atoms with van der Waals surface area (Å²) in [4.78, 5) is 23.6. The number of nitro benzene ring substituents is 1. The summed E-state index contributed by atoms with van der Waals surface area (Å²) in [5.41, 5.74) is 3.15. The molecule has 0 spiro atoms. The predicted octanol–water partition coefficient (Wildman–Crippen LogP) is 6.83. The number of carbonyl (C=O) groups excluding carboxylic acids is 1. The second-order valence-electron chi connectivity index (χ2n) is 8.56. The highest BCUT2D eigenvalue weighted by molar-refractivity contribution is 6.36. The Balaban J connectivity index is 1.66. The highest BCUT2D eigenvalue weighted by Crippen LogP contribution is 2.37. The Morgan fingerprint density at radius 1 is 1.03 bits per heavy atom. The van der Waals surface area contributed by atoms with E-state index in [1.54, 1.807) is 42.5 Å². The van der Waals surface area contributed by atoms with Crippen molar-refractivity contribution in [2.45, 2.75) is 26.2 Å². The van der Waals surface area contributed by atoms with Crippen LogP contribution in [0, 0.1) is 10.1 Å². The normalized spacial score (nSPS) is 14.2. The molecule has 0 saturated heterocycles. The van der Waals surface area contributed by atoms with Crippen LogP contribution in [-0.4, -0.2) is 10.8 Å². The van der Waals surface area contributed by atoms with Crippen molar-refractivity contribution in [1.82, 2.24) is 0 Å². The fraction of sp³-hybridized carbons (Fsp3) is 0.160. The summed E-state index contributed by atoms with van der Waals surface area (Å²) in [7, 11) is 0. The molecule has 1 aliphatic heterocycles. The fourth-order valence-electron chi connectivity index (χ4n) is 3.47. The number of rotatable bonds is 4. The number of benzene rings is 3. The van der Waals surface area contributed by atoms with Crippen LogP contribution in [0.2, 0.25) is 5.02 Å². The van der Waals surface area contributed by atoms with Crippen LogP contribution in [0.25, 0.3) is 11.6 Å². The first-order valence-electron chi connectivity index (χ1n) is 10.0. The topological polar surface area (TPSA) is 81.5 Å². The van der Waals surface area contributed by atoms with Crippen molar-refractivity contribution in [2.24, 2.45) is 0 Å². The molecule has 3 aromatic carbocycles. The number of anilines is 1. The van der Waals surface area contributed by atoms with Crippen LogP contribution >= 0.6 is 11.6 Å². The lowest BCUT2D eigenvalue weighted by molar-refractivity contribution is -0.385. The van der Waals surface area contributed by atoms with E-state index in [0.717, 1.165) is 5.56 Å². The van der Waals surface area contributed by atoms with Crippen LogP contribution in [0.15, 0.2) is 60.7 Å². The van der Waals surface area contributed by atoms with Crippen molar-refractivity contribution in [3.8, 4) is 11.5 Å². The third kappa shape index (κ3) is 4.36. The minimum atomic E-state index is -0.500. The first kappa shape index (κ1) is 21.6. The minimum absolute atomic E-state index is 0.00491. The number of carbonyl (C=O) groups is 1. The maximum absolute atomic E-state index is 12.4. The van der Waals surface area contributed by atoms with Gasteiger partial charge in [0.25, 0.3) is 5.91 Å². The average molecular weight is 449 g/mol. The predicted molar refractivity (Wildman–Crippen MR) is 126 cm³/mol. The summed E-state index contributed by atoms with van der Waals surface area (Å²) < 4.78 is 5.80. The van der Waals surface area contributed by atoms with Gasteiger partial charge in [0, 0.05) is 27.9 Å². The number of amides is 1. The molecule has 4 rings (SSSR count). The van der Waals surface area contributed by atoms with Crippen molar-refractivity contribution < 1.29 is 14.5 Å². The highest BCUT2D eigenvalue weighted by Gasteiger charge is 2.25. The van der Waals surface area contributed by atoms with E-state index in [1.165, 1.54) is 12.1 Å². The fourth-order valence-corrected chi connectivity index (χ4v) is 3.65. The summed E-state index contributed by atoms with van der Waals surface area (Å²) in [5, 5.41) is 15.0. The molecule has 32 heavy (non-hydrogen) atoms. The smallest absolute Gasteiger partial charge is 0.312 e. The Morgan fingerprint density at radius 3 is 2.41 bits per heavy atom. The van der Waals surface area contributed by atoms with E-state index in [9.17, 15) is 14.9 Å². The van der Waals surface area contributed by atoms with Crippen molar-refractivity contribution in [3.63, 3.8) is 0 Å². The monoisotopic (exact) mass is 448 g/mol. The largest absolute Gasteiger partial charge is 0.450 e. The molecule has 0 aliphatic carbocycles. The van der Waals surface area contributed by atoms with Crippen molar-refractivity contribution in [2.75, 3.05) is 5.32 Å². The molecule has 0 radical (unpaired) electrons. The third-order valence-electron chi connectivity index (χ3n) is 5.20. The SMILES string of the molecule is CC(C)(C)c1ccc(Oc2ccc(C=C3C(=O)Nc4ccc(Cl)cc43)cc2[N+](=O)[O-])cc1. The summed E-state index contributed by atoms with van der Waals surface area (Å²) >= 11 is 6.07. The molecule has 1 aliphatic rings. The maximum atomic E-state index is 12.4. The van der Waals surface area contributed by atoms with Gasteiger partial charge in [0.05, 0.1) is 4.92 Å². The van der Waals surface area contributed by atoms with Crippen LogP contribution in [-0.2, 0) is 10.2 Å². The number of nitro groups is 1. The average Bonchev–Trinajstić information content (AvgIpc) is 3.03. The number of halogens is 1. The zero-order valence-electron chi connectivity index (χ0n) is 17.8. The van der Waals surface area contributed by atoms with E-state index < -0.39 is 4.92 Å². The molecule has 7 heteroatoms. The van der Waals surface area contributed by atoms with E-state index in [0.29, 0.717) is 33.2 Å². The van der Waals surface area contributed by atoms with Crippen molar-refractivity contribution in [3.05, 3.63) is 92.5 Å². The number of hydrogen-bond donors (Lipinski definition) is 1. The molecule has 3 aromatic rings. The second kappa shape index (κ2) is 8.13. The van der Waals surface area contributed by atoms with Gasteiger partial charge in [-0.1, -0.05) is 50.6 Å². The van der Waals surface area contributed by atoms with Crippen LogP contribution < -0.4 is 10.1 Å². The van der Waals surface area contributed by atoms with Crippen molar-refractivity contribution >= 4 is 40.5 Å². The van der Waals surface area contributed by atoms with Gasteiger partial charge in [-0.25, -0.2) is 0 Å². The maximum Gasteiger partial charge on any atom is 0.312 e. The summed E-state index contributed by atoms with van der Waals surface area (Å²) in [6.07, 6.45) is 1.60. The highest BCUT2D eigenvalue weighted by atomic mass is 35.5. The van der Waals surface area contributed by atoms with Crippen molar-refractivity contribution in [1.29, 1.82) is 0 Å². The standard InChI is InChI=1S/C25H21ClN2O4/c1-25(2,3)16-5-8-18(9-6-16)32-23-11-4-15(13-22(23)28(30)31)12-20-19-14-17(26)7-10-21(19)27-24(20)29/h4-14H,1-3H3,(H,27,29). The lowest BCUT2D eigenvalue weighted by Gasteiger charge is -2.19. The zero-order chi connectivity index (χ0) is 23.0. The molecule has 0 bridgehead atoms. The van der Waals surface area contributed by atoms with Gasteiger partial charge < -0.3 is 10.1 Å². The second-order valence-corrected chi connectivity index (χ2v) is 9.00. The lowest BCUT2D eigenvalue weighted by atomic mass is 9.87. The van der Waals surface area contributed by atoms with Gasteiger partial charge in [-0.15, -0.1) is 0 Å². The third-order valence-corrected chi connectivity index (χ3v) is 5.44. The molecule has 1 heterocycles. The van der Waals surface area contributed by atoms with E-state index in [4.69, 9.17) is 16.3 Å². The molecule has 0 atom stereocenters. The van der Waals surface area contributed by atoms with Crippen LogP contribution in [0.3, 0.4) is 0 Å². The molecule has 162 valence electrons. The van der Waals surface area contributed by atoms with Crippen LogP contribution in [0.4, 0.5) is 11.4 Å². The zero-order valence-corrected chi connectivity index (χ0v) is 18.6. The number of nitrogens with one attached hydrogen (secondary N) is 1. The van der Waals surface area contributed by atoms with E-state index in [1.807, 2.05) is 12.1 Å². The lowest BCUT2D eigenvalue weighted by Crippen LogP contribution is -2.10. The molecule has 0 fully saturated rings. The first-order chi connectivity index (χ1) is 15.1. The Labute approximate surface area is 190 Å². The van der Waals surface area contributed by atoms with Crippen LogP contribution in [0.1, 0.15) is 37.5 Å². The number of fused-ring (bicyclic) bond motifs is 1. The summed E-state index contributed by atoms with van der Waals surface area (Å²) in [5.74, 6) is 0.343. The van der Waals surface area contributed by atoms with Gasteiger partial charge in [-0.2, -0.15) is 0 Å². The van der Waals surface area contributed by atoms with Crippen LogP contribution in [0.5, 0.6) is 11.5 Å². The van der Waals surface area contributed by atoms with Gasteiger partial charge >= 0.3 is 5.69 Å². The first-order valence-corrected chi connectivity index (χ1v) is 10.4. The number of hydrogen-bond acceptors (Lipinski definition) is 4. The molecular formula is C25H21ClN2O4. The molecular weight excluding hydrogens is 428 g/mol. The molecule has 1 N–H and O–H groups in total. The van der Waals surface area contributed by atoms with Gasteiger partial charge in [0.2, 0.25) is 5.75 Å². The van der Waals surface area contributed by atoms with Gasteiger partial charge in [0.15, 0.2) is 0 Å². The Bertz CT molecular complexity index is 1260. The quantitative estimate of drug-likeness (QED) is 0.269. The summed E-state index contributed by atoms with van der Waals surface area (Å²) in [6.45, 7) is 6.33. The molecule has 1 amide bonds. The Hall–Kier alpha value is -3.64. The molecule has 0 aromatic heterocycles. The minimum Gasteiger partial charge on any atom is -0.450 e. The molecule has 0 saturated carbocycles. The molecule has 0 unspecified atom stereocenters. The van der Waals surface area contributed by atoms with Gasteiger partial charge in [0.1, 0.15) is 5.75 Å². The van der Waals surface area contributed by atoms with Gasteiger partial charge in [-0.05, 0) is 59.0 Å². The van der Waals surface area contributed by atoms with E-state index in [-0.39, 0.29) is 22.8 Å². The number of nitrogens with zero attached hydrogens (tertiary/aromatic N) is 1. The Morgan fingerprint density at radius 2 is 1.75 bits per heavy atom. The van der Waals surface area contributed by atoms with E-state index in [2.05, 4.69) is 26.1 Å². The Kier molecular flexibility index (Phi) is 5.48. The van der Waals surface area contributed by atoms with Gasteiger partial charge in [-0.3, -0.25) is 14.9 Å². The molecule has 6 nitrogen and oxygen atoms in total.